The summed E-state index contributed by atoms with van der Waals surface area (Å²) in [6, 6.07) is 0. The molecular formula is C18H39N3O2. The van der Waals surface area contributed by atoms with E-state index in [0.29, 0.717) is 13.2 Å². The second-order valence-electron chi connectivity index (χ2n) is 7.56. The third kappa shape index (κ3) is 12.4. The number of nitrogens with zero attached hydrogens (tertiary/aromatic N) is 3. The molecule has 0 aromatic rings. The van der Waals surface area contributed by atoms with Crippen molar-refractivity contribution in [1.29, 1.82) is 0 Å². The second-order valence-corrected chi connectivity index (χ2v) is 7.56. The van der Waals surface area contributed by atoms with E-state index in [1.807, 2.05) is 13.4 Å². The Morgan fingerprint density at radius 3 is 2.17 bits per heavy atom. The van der Waals surface area contributed by atoms with Gasteiger partial charge < -0.3 is 19.3 Å². The number of rotatable bonds is 13. The second kappa shape index (κ2) is 11.0. The lowest BCUT2D eigenvalue weighted by Gasteiger charge is -2.32. The number of aliphatic imine (C=N–C) groups is 1. The lowest BCUT2D eigenvalue weighted by atomic mass is 10.0. The van der Waals surface area contributed by atoms with Crippen LogP contribution in [0.1, 0.15) is 47.5 Å². The largest absolute Gasteiger partial charge is 0.373 e. The minimum Gasteiger partial charge on any atom is -0.373 e. The maximum atomic E-state index is 6.04. The summed E-state index contributed by atoms with van der Waals surface area (Å²) in [5.74, 6) is 0. The standard InChI is InChI=1S/C18H39N3O2/c1-9-10-17(2,3)23-15-18(4,5)22-14-13-20(7)11-12-21(8)16-19-6/h16H,9-15H2,1-8H3. The molecule has 0 heterocycles. The zero-order chi connectivity index (χ0) is 17.9. The molecule has 0 bridgehead atoms. The van der Waals surface area contributed by atoms with E-state index in [-0.39, 0.29) is 11.2 Å². The Hall–Kier alpha value is -0.650. The average molecular weight is 330 g/mol. The summed E-state index contributed by atoms with van der Waals surface area (Å²) in [5.41, 5.74) is -0.324. The van der Waals surface area contributed by atoms with Crippen LogP contribution in [-0.2, 0) is 9.47 Å². The highest BCUT2D eigenvalue weighted by atomic mass is 16.6. The van der Waals surface area contributed by atoms with Crippen LogP contribution in [0.25, 0.3) is 0 Å². The van der Waals surface area contributed by atoms with Gasteiger partial charge in [-0.3, -0.25) is 4.99 Å². The van der Waals surface area contributed by atoms with Gasteiger partial charge in [0.1, 0.15) is 0 Å². The summed E-state index contributed by atoms with van der Waals surface area (Å²) in [4.78, 5) is 8.37. The minimum absolute atomic E-state index is 0.0718. The third-order valence-electron chi connectivity index (χ3n) is 3.78. The monoisotopic (exact) mass is 329 g/mol. The van der Waals surface area contributed by atoms with E-state index in [0.717, 1.165) is 32.5 Å². The minimum atomic E-state index is -0.252. The van der Waals surface area contributed by atoms with Gasteiger partial charge in [-0.1, -0.05) is 13.3 Å². The van der Waals surface area contributed by atoms with Crippen LogP contribution >= 0.6 is 0 Å². The Morgan fingerprint density at radius 2 is 1.61 bits per heavy atom. The molecule has 0 unspecified atom stereocenters. The van der Waals surface area contributed by atoms with Crippen molar-refractivity contribution in [3.63, 3.8) is 0 Å². The molecule has 5 heteroatoms. The first-order valence-corrected chi connectivity index (χ1v) is 8.71. The Bertz CT molecular complexity index is 330. The fraction of sp³-hybridized carbons (Fsp3) is 0.944. The fourth-order valence-electron chi connectivity index (χ4n) is 2.26. The van der Waals surface area contributed by atoms with Gasteiger partial charge in [0.05, 0.1) is 30.8 Å². The molecule has 5 nitrogen and oxygen atoms in total. The Morgan fingerprint density at radius 1 is 0.957 bits per heavy atom. The Labute approximate surface area is 144 Å². The normalized spacial score (nSPS) is 13.3. The van der Waals surface area contributed by atoms with Crippen molar-refractivity contribution < 1.29 is 9.47 Å². The molecule has 23 heavy (non-hydrogen) atoms. The first kappa shape index (κ1) is 22.4. The average Bonchev–Trinajstić information content (AvgIpc) is 2.43. The molecular weight excluding hydrogens is 290 g/mol. The van der Waals surface area contributed by atoms with Crippen LogP contribution in [0.4, 0.5) is 0 Å². The zero-order valence-corrected chi connectivity index (χ0v) is 16.7. The lowest BCUT2D eigenvalue weighted by molar-refractivity contribution is -0.123. The molecule has 0 aromatic carbocycles. The van der Waals surface area contributed by atoms with E-state index in [2.05, 4.69) is 56.5 Å². The molecule has 0 fully saturated rings. The van der Waals surface area contributed by atoms with Crippen LogP contribution in [0.3, 0.4) is 0 Å². The summed E-state index contributed by atoms with van der Waals surface area (Å²) in [7, 11) is 5.95. The summed E-state index contributed by atoms with van der Waals surface area (Å²) in [5, 5.41) is 0. The lowest BCUT2D eigenvalue weighted by Crippen LogP contribution is -2.39. The van der Waals surface area contributed by atoms with Gasteiger partial charge in [-0.15, -0.1) is 0 Å². The van der Waals surface area contributed by atoms with Crippen molar-refractivity contribution in [3.8, 4) is 0 Å². The highest BCUT2D eigenvalue weighted by Gasteiger charge is 2.24. The molecule has 0 N–H and O–H groups in total. The van der Waals surface area contributed by atoms with Crippen LogP contribution < -0.4 is 0 Å². The summed E-state index contributed by atoms with van der Waals surface area (Å²) in [6.45, 7) is 14.9. The zero-order valence-electron chi connectivity index (χ0n) is 16.7. The molecule has 0 aliphatic heterocycles. The van der Waals surface area contributed by atoms with E-state index in [4.69, 9.17) is 9.47 Å². The van der Waals surface area contributed by atoms with Crippen LogP contribution in [0.2, 0.25) is 0 Å². The molecule has 0 radical (unpaired) electrons. The number of ether oxygens (including phenoxy) is 2. The van der Waals surface area contributed by atoms with Gasteiger partial charge in [0.25, 0.3) is 0 Å². The first-order chi connectivity index (χ1) is 10.6. The van der Waals surface area contributed by atoms with Gasteiger partial charge in [0.2, 0.25) is 0 Å². The molecule has 0 aromatic heterocycles. The van der Waals surface area contributed by atoms with Crippen molar-refractivity contribution in [2.24, 2.45) is 4.99 Å². The topological polar surface area (TPSA) is 37.3 Å². The van der Waals surface area contributed by atoms with E-state index in [1.165, 1.54) is 0 Å². The van der Waals surface area contributed by atoms with Gasteiger partial charge in [-0.05, 0) is 41.2 Å². The van der Waals surface area contributed by atoms with E-state index in [1.54, 1.807) is 7.05 Å². The quantitative estimate of drug-likeness (QED) is 0.385. The van der Waals surface area contributed by atoms with Crippen molar-refractivity contribution in [3.05, 3.63) is 0 Å². The highest BCUT2D eigenvalue weighted by Crippen LogP contribution is 2.20. The highest BCUT2D eigenvalue weighted by molar-refractivity contribution is 5.53. The SMILES string of the molecule is CCCC(C)(C)OCC(C)(C)OCCN(C)CCN(C)C=NC. The molecule has 0 saturated carbocycles. The molecule has 0 spiro atoms. The van der Waals surface area contributed by atoms with Crippen LogP contribution in [0, 0.1) is 0 Å². The predicted molar refractivity (Wildman–Crippen MR) is 99.5 cm³/mol. The van der Waals surface area contributed by atoms with Crippen LogP contribution in [0.5, 0.6) is 0 Å². The van der Waals surface area contributed by atoms with E-state index in [9.17, 15) is 0 Å². The van der Waals surface area contributed by atoms with Gasteiger partial charge in [0.15, 0.2) is 0 Å². The van der Waals surface area contributed by atoms with Gasteiger partial charge in [0, 0.05) is 33.7 Å². The van der Waals surface area contributed by atoms with Crippen molar-refractivity contribution in [2.75, 3.05) is 54.0 Å². The summed E-state index contributed by atoms with van der Waals surface area (Å²) >= 11 is 0. The smallest absolute Gasteiger partial charge is 0.0859 e. The first-order valence-electron chi connectivity index (χ1n) is 8.71. The summed E-state index contributed by atoms with van der Waals surface area (Å²) < 4.78 is 12.1. The maximum Gasteiger partial charge on any atom is 0.0859 e. The van der Waals surface area contributed by atoms with Crippen molar-refractivity contribution in [1.82, 2.24) is 9.80 Å². The number of hydrogen-bond acceptors (Lipinski definition) is 4. The Balaban J connectivity index is 3.96. The molecule has 0 aliphatic carbocycles. The predicted octanol–water partition coefficient (Wildman–Crippen LogP) is 2.90. The van der Waals surface area contributed by atoms with Crippen molar-refractivity contribution >= 4 is 6.34 Å². The molecule has 0 rings (SSSR count). The van der Waals surface area contributed by atoms with Gasteiger partial charge in [-0.25, -0.2) is 0 Å². The molecule has 138 valence electrons. The van der Waals surface area contributed by atoms with Gasteiger partial charge >= 0.3 is 0 Å². The van der Waals surface area contributed by atoms with Gasteiger partial charge in [-0.2, -0.15) is 0 Å². The van der Waals surface area contributed by atoms with Crippen LogP contribution in [-0.4, -0.2) is 81.3 Å². The molecule has 0 amide bonds. The number of likely N-dealkylation sites (N-methyl/N-ethyl adjacent to an activating group) is 2. The number of hydrogen-bond donors (Lipinski definition) is 0. The molecule has 0 saturated heterocycles. The third-order valence-corrected chi connectivity index (χ3v) is 3.78. The summed E-state index contributed by atoms with van der Waals surface area (Å²) in [6.07, 6.45) is 4.06. The maximum absolute atomic E-state index is 6.04. The van der Waals surface area contributed by atoms with E-state index < -0.39 is 0 Å². The molecule has 0 aliphatic rings. The molecule has 0 atom stereocenters. The Kier molecular flexibility index (Phi) is 10.7. The van der Waals surface area contributed by atoms with E-state index >= 15 is 0 Å². The fourth-order valence-corrected chi connectivity index (χ4v) is 2.26. The van der Waals surface area contributed by atoms with Crippen molar-refractivity contribution in [2.45, 2.75) is 58.7 Å². The van der Waals surface area contributed by atoms with Crippen LogP contribution in [0.15, 0.2) is 4.99 Å².